The van der Waals surface area contributed by atoms with Gasteiger partial charge in [-0.3, -0.25) is 5.32 Å². The topological polar surface area (TPSA) is 80.3 Å². The number of carbonyl (C=O) groups excluding carboxylic acids is 2. The minimum Gasteiger partial charge on any atom is -0.462 e. The Morgan fingerprint density at radius 2 is 2.24 bits per heavy atom. The number of carbonyl (C=O) groups is 2. The van der Waals surface area contributed by atoms with Crippen LogP contribution < -0.4 is 10.6 Å². The molecule has 0 aliphatic rings. The van der Waals surface area contributed by atoms with Crippen molar-refractivity contribution in [3.8, 4) is 0 Å². The van der Waals surface area contributed by atoms with E-state index in [-0.39, 0.29) is 6.03 Å². The van der Waals surface area contributed by atoms with Crippen LogP contribution in [-0.4, -0.2) is 23.6 Å². The molecule has 0 aliphatic heterocycles. The van der Waals surface area contributed by atoms with Crippen LogP contribution in [0.2, 0.25) is 0 Å². The molecule has 112 valence electrons. The van der Waals surface area contributed by atoms with Crippen molar-refractivity contribution in [3.63, 3.8) is 0 Å². The maximum Gasteiger partial charge on any atom is 0.350 e. The molecule has 0 bridgehead atoms. The number of anilines is 1. The zero-order chi connectivity index (χ0) is 15.2. The van der Waals surface area contributed by atoms with Gasteiger partial charge in [0, 0.05) is 4.88 Å². The number of thiophene rings is 1. The summed E-state index contributed by atoms with van der Waals surface area (Å²) < 4.78 is 4.93. The van der Waals surface area contributed by atoms with E-state index in [0.29, 0.717) is 28.9 Å². The lowest BCUT2D eigenvalue weighted by atomic mass is 10.4. The standard InChI is InChI=1S/C13H15N3O3S2/c1-3-19-11(17)10-8(2)15-13(21-10)16-12(18)14-7-9-5-4-6-20-9/h4-6H,3,7H2,1-2H3,(H2,14,15,16,18). The van der Waals surface area contributed by atoms with Gasteiger partial charge >= 0.3 is 12.0 Å². The molecule has 2 N–H and O–H groups in total. The van der Waals surface area contributed by atoms with Gasteiger partial charge in [-0.2, -0.15) is 0 Å². The lowest BCUT2D eigenvalue weighted by Gasteiger charge is -2.03. The molecular formula is C13H15N3O3S2. The predicted molar refractivity (Wildman–Crippen MR) is 83.0 cm³/mol. The van der Waals surface area contributed by atoms with Crippen molar-refractivity contribution in [3.05, 3.63) is 33.0 Å². The molecule has 2 heterocycles. The number of hydrogen-bond donors (Lipinski definition) is 2. The van der Waals surface area contributed by atoms with E-state index in [1.807, 2.05) is 17.5 Å². The maximum absolute atomic E-state index is 11.8. The Kier molecular flexibility index (Phi) is 5.29. The molecule has 2 aromatic rings. The number of urea groups is 1. The predicted octanol–water partition coefficient (Wildman–Crippen LogP) is 3.01. The van der Waals surface area contributed by atoms with Crippen molar-refractivity contribution in [1.82, 2.24) is 10.3 Å². The van der Waals surface area contributed by atoms with Crippen LogP contribution in [0.3, 0.4) is 0 Å². The number of rotatable bonds is 5. The lowest BCUT2D eigenvalue weighted by molar-refractivity contribution is 0.0531. The Morgan fingerprint density at radius 1 is 1.43 bits per heavy atom. The van der Waals surface area contributed by atoms with E-state index >= 15 is 0 Å². The van der Waals surface area contributed by atoms with Gasteiger partial charge in [-0.25, -0.2) is 14.6 Å². The molecule has 0 aliphatic carbocycles. The molecule has 0 fully saturated rings. The van der Waals surface area contributed by atoms with Gasteiger partial charge in [0.2, 0.25) is 0 Å². The van der Waals surface area contributed by atoms with Gasteiger partial charge in [0.05, 0.1) is 18.8 Å². The first-order chi connectivity index (χ1) is 10.1. The number of hydrogen-bond acceptors (Lipinski definition) is 6. The Labute approximate surface area is 130 Å². The number of nitrogens with one attached hydrogen (secondary N) is 2. The highest BCUT2D eigenvalue weighted by Gasteiger charge is 2.17. The quantitative estimate of drug-likeness (QED) is 0.828. The summed E-state index contributed by atoms with van der Waals surface area (Å²) in [4.78, 5) is 29.0. The third kappa shape index (κ3) is 4.27. The Hall–Kier alpha value is -1.93. The normalized spacial score (nSPS) is 10.2. The van der Waals surface area contributed by atoms with Crippen LogP contribution in [0, 0.1) is 6.92 Å². The molecule has 0 saturated heterocycles. The van der Waals surface area contributed by atoms with Crippen LogP contribution >= 0.6 is 22.7 Å². The van der Waals surface area contributed by atoms with E-state index in [1.54, 1.807) is 25.2 Å². The molecule has 0 unspecified atom stereocenters. The summed E-state index contributed by atoms with van der Waals surface area (Å²) in [7, 11) is 0. The molecule has 21 heavy (non-hydrogen) atoms. The van der Waals surface area contributed by atoms with Crippen molar-refractivity contribution < 1.29 is 14.3 Å². The maximum atomic E-state index is 11.8. The van der Waals surface area contributed by atoms with Gasteiger partial charge in [0.1, 0.15) is 4.88 Å². The van der Waals surface area contributed by atoms with E-state index in [9.17, 15) is 9.59 Å². The molecule has 0 aromatic carbocycles. The number of esters is 1. The van der Waals surface area contributed by atoms with Crippen LogP contribution in [0.5, 0.6) is 0 Å². The van der Waals surface area contributed by atoms with Gasteiger partial charge in [-0.1, -0.05) is 17.4 Å². The van der Waals surface area contributed by atoms with Crippen LogP contribution in [-0.2, 0) is 11.3 Å². The van der Waals surface area contributed by atoms with Crippen molar-refractivity contribution >= 4 is 39.8 Å². The van der Waals surface area contributed by atoms with Crippen molar-refractivity contribution in [1.29, 1.82) is 0 Å². The third-order valence-electron chi connectivity index (χ3n) is 2.48. The van der Waals surface area contributed by atoms with Crippen LogP contribution in [0.4, 0.5) is 9.93 Å². The number of amides is 2. The van der Waals surface area contributed by atoms with E-state index in [2.05, 4.69) is 15.6 Å². The summed E-state index contributed by atoms with van der Waals surface area (Å²) in [6.07, 6.45) is 0. The summed E-state index contributed by atoms with van der Waals surface area (Å²) in [6, 6.07) is 3.51. The van der Waals surface area contributed by atoms with Gasteiger partial charge in [0.25, 0.3) is 0 Å². The lowest BCUT2D eigenvalue weighted by Crippen LogP contribution is -2.27. The molecule has 2 aromatic heterocycles. The molecular weight excluding hydrogens is 310 g/mol. The van der Waals surface area contributed by atoms with Gasteiger partial charge in [-0.05, 0) is 25.3 Å². The number of nitrogens with zero attached hydrogens (tertiary/aromatic N) is 1. The number of aromatic nitrogens is 1. The molecule has 8 heteroatoms. The average Bonchev–Trinajstić information content (AvgIpc) is 3.06. The van der Waals surface area contributed by atoms with Crippen LogP contribution in [0.1, 0.15) is 27.2 Å². The molecule has 0 spiro atoms. The monoisotopic (exact) mass is 325 g/mol. The van der Waals surface area contributed by atoms with Crippen LogP contribution in [0.25, 0.3) is 0 Å². The van der Waals surface area contributed by atoms with Crippen molar-refractivity contribution in [2.45, 2.75) is 20.4 Å². The smallest absolute Gasteiger partial charge is 0.350 e. The first-order valence-corrected chi connectivity index (χ1v) is 8.01. The van der Waals surface area contributed by atoms with Gasteiger partial charge in [0.15, 0.2) is 5.13 Å². The highest BCUT2D eigenvalue weighted by Crippen LogP contribution is 2.23. The fourth-order valence-corrected chi connectivity index (χ4v) is 3.06. The Morgan fingerprint density at radius 3 is 2.90 bits per heavy atom. The summed E-state index contributed by atoms with van der Waals surface area (Å²) in [6.45, 7) is 4.21. The second kappa shape index (κ2) is 7.19. The van der Waals surface area contributed by atoms with Crippen molar-refractivity contribution in [2.24, 2.45) is 0 Å². The largest absolute Gasteiger partial charge is 0.462 e. The van der Waals surface area contributed by atoms with E-state index in [0.717, 1.165) is 16.2 Å². The Balaban J connectivity index is 1.92. The zero-order valence-electron chi connectivity index (χ0n) is 11.6. The zero-order valence-corrected chi connectivity index (χ0v) is 13.3. The molecule has 0 atom stereocenters. The highest BCUT2D eigenvalue weighted by atomic mass is 32.1. The second-order valence-electron chi connectivity index (χ2n) is 4.04. The van der Waals surface area contributed by atoms with E-state index < -0.39 is 5.97 Å². The summed E-state index contributed by atoms with van der Waals surface area (Å²) in [5.74, 6) is -0.417. The number of ether oxygens (including phenoxy) is 1. The molecule has 2 amide bonds. The molecule has 6 nitrogen and oxygen atoms in total. The average molecular weight is 325 g/mol. The SMILES string of the molecule is CCOC(=O)c1sc(NC(=O)NCc2cccs2)nc1C. The second-order valence-corrected chi connectivity index (χ2v) is 6.07. The first kappa shape index (κ1) is 15.5. The van der Waals surface area contributed by atoms with E-state index in [4.69, 9.17) is 4.74 Å². The fourth-order valence-electron chi connectivity index (χ4n) is 1.56. The minimum absolute atomic E-state index is 0.306. The minimum atomic E-state index is -0.417. The number of aryl methyl sites for hydroxylation is 1. The molecule has 2 rings (SSSR count). The Bertz CT molecular complexity index is 623. The van der Waals surface area contributed by atoms with Crippen LogP contribution in [0.15, 0.2) is 17.5 Å². The van der Waals surface area contributed by atoms with Crippen molar-refractivity contribution in [2.75, 3.05) is 11.9 Å². The molecule has 0 radical (unpaired) electrons. The number of thiazole rings is 1. The van der Waals surface area contributed by atoms with E-state index in [1.165, 1.54) is 0 Å². The molecule has 0 saturated carbocycles. The van der Waals surface area contributed by atoms with Gasteiger partial charge < -0.3 is 10.1 Å². The summed E-state index contributed by atoms with van der Waals surface area (Å²) in [5.41, 5.74) is 0.548. The fraction of sp³-hybridized carbons (Fsp3) is 0.308. The summed E-state index contributed by atoms with van der Waals surface area (Å²) >= 11 is 2.67. The van der Waals surface area contributed by atoms with Gasteiger partial charge in [-0.15, -0.1) is 11.3 Å². The highest BCUT2D eigenvalue weighted by molar-refractivity contribution is 7.17. The summed E-state index contributed by atoms with van der Waals surface area (Å²) in [5, 5.41) is 7.67. The first-order valence-electron chi connectivity index (χ1n) is 6.32. The third-order valence-corrected chi connectivity index (χ3v) is 4.41.